The summed E-state index contributed by atoms with van der Waals surface area (Å²) in [6, 6.07) is 7.27. The van der Waals surface area contributed by atoms with Crippen LogP contribution in [0.2, 0.25) is 0 Å². The molecule has 0 spiro atoms. The predicted octanol–water partition coefficient (Wildman–Crippen LogP) is 2.79. The average molecular weight is 405 g/mol. The largest absolute Gasteiger partial charge is 0.480 e. The second kappa shape index (κ2) is 9.69. The molecule has 8 heteroatoms. The Kier molecular flexibility index (Phi) is 8.53. The number of carboxylic acid groups (broad SMARTS) is 1. The topological polar surface area (TPSA) is 77.9 Å². The van der Waals surface area contributed by atoms with E-state index in [1.807, 2.05) is 31.7 Å². The van der Waals surface area contributed by atoms with E-state index in [4.69, 9.17) is 5.11 Å². The molecular weight excluding hydrogens is 376 g/mol. The first-order valence-corrected chi connectivity index (χ1v) is 10.3. The van der Waals surface area contributed by atoms with Gasteiger partial charge in [0.1, 0.15) is 0 Å². The van der Waals surface area contributed by atoms with E-state index >= 15 is 0 Å². The minimum absolute atomic E-state index is 0. The lowest BCUT2D eigenvalue weighted by Crippen LogP contribution is -2.48. The molecule has 1 saturated heterocycles. The first kappa shape index (κ1) is 22.9. The molecule has 0 aliphatic carbocycles. The summed E-state index contributed by atoms with van der Waals surface area (Å²) in [5, 5.41) is 9.00. The summed E-state index contributed by atoms with van der Waals surface area (Å²) >= 11 is 0. The number of carbonyl (C=O) groups is 1. The van der Waals surface area contributed by atoms with Crippen molar-refractivity contribution in [3.8, 4) is 0 Å². The van der Waals surface area contributed by atoms with Crippen molar-refractivity contribution in [1.29, 1.82) is 0 Å². The number of sulfonamides is 1. The van der Waals surface area contributed by atoms with Gasteiger partial charge in [-0.3, -0.25) is 9.69 Å². The highest BCUT2D eigenvalue weighted by molar-refractivity contribution is 7.89. The van der Waals surface area contributed by atoms with Gasteiger partial charge in [0, 0.05) is 19.1 Å². The third-order valence-electron chi connectivity index (χ3n) is 4.85. The molecule has 0 saturated carbocycles. The molecule has 1 aromatic rings. The molecule has 0 radical (unpaired) electrons. The smallest absolute Gasteiger partial charge is 0.317 e. The standard InChI is InChI=1S/C18H28N2O4S.ClH/c1-4-19(13-18(21)22)16-8-10-20(11-9-16)25(23,24)17-7-5-6-15(12-17)14(2)3;/h5-7,12,14,16H,4,8-11,13H2,1-3H3,(H,21,22);1H. The van der Waals surface area contributed by atoms with Crippen molar-refractivity contribution >= 4 is 28.4 Å². The fourth-order valence-electron chi connectivity index (χ4n) is 3.30. The van der Waals surface area contributed by atoms with Crippen molar-refractivity contribution in [1.82, 2.24) is 9.21 Å². The Labute approximate surface area is 162 Å². The van der Waals surface area contributed by atoms with Crippen molar-refractivity contribution in [3.05, 3.63) is 29.8 Å². The number of rotatable bonds is 7. The number of halogens is 1. The van der Waals surface area contributed by atoms with Gasteiger partial charge in [-0.25, -0.2) is 8.42 Å². The molecule has 0 aromatic heterocycles. The summed E-state index contributed by atoms with van der Waals surface area (Å²) in [6.45, 7) is 7.52. The van der Waals surface area contributed by atoms with E-state index in [0.717, 1.165) is 5.56 Å². The van der Waals surface area contributed by atoms with E-state index in [0.29, 0.717) is 37.4 Å². The fraction of sp³-hybridized carbons (Fsp3) is 0.611. The van der Waals surface area contributed by atoms with Crippen LogP contribution in [0.15, 0.2) is 29.2 Å². The van der Waals surface area contributed by atoms with Crippen LogP contribution in [-0.2, 0) is 14.8 Å². The number of hydrogen-bond donors (Lipinski definition) is 1. The minimum Gasteiger partial charge on any atom is -0.480 e. The normalized spacial score (nSPS) is 16.7. The maximum atomic E-state index is 12.9. The highest BCUT2D eigenvalue weighted by Crippen LogP contribution is 2.25. The SMILES string of the molecule is CCN(CC(=O)O)C1CCN(S(=O)(=O)c2cccc(C(C)C)c2)CC1.Cl. The second-order valence-electron chi connectivity index (χ2n) is 6.82. The zero-order valence-electron chi connectivity index (χ0n) is 15.6. The summed E-state index contributed by atoms with van der Waals surface area (Å²) in [7, 11) is -3.50. The number of benzene rings is 1. The summed E-state index contributed by atoms with van der Waals surface area (Å²) in [4.78, 5) is 13.2. The number of aliphatic carboxylic acids is 1. The van der Waals surface area contributed by atoms with Crippen molar-refractivity contribution in [3.63, 3.8) is 0 Å². The Bertz CT molecular complexity index is 701. The minimum atomic E-state index is -3.50. The van der Waals surface area contributed by atoms with Crippen molar-refractivity contribution < 1.29 is 18.3 Å². The van der Waals surface area contributed by atoms with Crippen LogP contribution in [-0.4, -0.2) is 60.9 Å². The lowest BCUT2D eigenvalue weighted by Gasteiger charge is -2.36. The molecule has 1 N–H and O–H groups in total. The van der Waals surface area contributed by atoms with E-state index in [2.05, 4.69) is 0 Å². The zero-order chi connectivity index (χ0) is 18.6. The van der Waals surface area contributed by atoms with Crippen LogP contribution in [0.4, 0.5) is 0 Å². The molecule has 26 heavy (non-hydrogen) atoms. The van der Waals surface area contributed by atoms with Gasteiger partial charge >= 0.3 is 5.97 Å². The van der Waals surface area contributed by atoms with Crippen LogP contribution in [0, 0.1) is 0 Å². The summed E-state index contributed by atoms with van der Waals surface area (Å²) in [6.07, 6.45) is 1.31. The second-order valence-corrected chi connectivity index (χ2v) is 8.76. The lowest BCUT2D eigenvalue weighted by atomic mass is 10.0. The van der Waals surface area contributed by atoms with Crippen molar-refractivity contribution in [2.45, 2.75) is 50.5 Å². The molecular formula is C18H29ClN2O4S. The van der Waals surface area contributed by atoms with Gasteiger partial charge in [0.25, 0.3) is 0 Å². The van der Waals surface area contributed by atoms with E-state index in [-0.39, 0.29) is 30.9 Å². The Balaban J connectivity index is 0.00000338. The van der Waals surface area contributed by atoms with Gasteiger partial charge in [0.2, 0.25) is 10.0 Å². The average Bonchev–Trinajstić information content (AvgIpc) is 2.59. The first-order chi connectivity index (χ1) is 11.8. The predicted molar refractivity (Wildman–Crippen MR) is 104 cm³/mol. The Morgan fingerprint density at radius 3 is 2.42 bits per heavy atom. The van der Waals surface area contributed by atoms with Crippen LogP contribution < -0.4 is 0 Å². The molecule has 2 rings (SSSR count). The van der Waals surface area contributed by atoms with Gasteiger partial charge in [-0.2, -0.15) is 4.31 Å². The Morgan fingerprint density at radius 1 is 1.31 bits per heavy atom. The molecule has 0 bridgehead atoms. The molecule has 148 valence electrons. The van der Waals surface area contributed by atoms with Crippen LogP contribution in [0.1, 0.15) is 45.1 Å². The summed E-state index contributed by atoms with van der Waals surface area (Å²) < 4.78 is 27.3. The maximum Gasteiger partial charge on any atom is 0.317 e. The Morgan fingerprint density at radius 2 is 1.92 bits per heavy atom. The first-order valence-electron chi connectivity index (χ1n) is 8.81. The van der Waals surface area contributed by atoms with Crippen LogP contribution in [0.3, 0.4) is 0 Å². The van der Waals surface area contributed by atoms with Gasteiger partial charge in [-0.1, -0.05) is 32.9 Å². The highest BCUT2D eigenvalue weighted by atomic mass is 35.5. The molecule has 0 unspecified atom stereocenters. The molecule has 1 aliphatic rings. The number of nitrogens with zero attached hydrogens (tertiary/aromatic N) is 2. The molecule has 1 heterocycles. The van der Waals surface area contributed by atoms with E-state index in [1.165, 1.54) is 4.31 Å². The van der Waals surface area contributed by atoms with Crippen molar-refractivity contribution in [2.24, 2.45) is 0 Å². The third-order valence-corrected chi connectivity index (χ3v) is 6.74. The van der Waals surface area contributed by atoms with E-state index in [1.54, 1.807) is 18.2 Å². The molecule has 6 nitrogen and oxygen atoms in total. The van der Waals surface area contributed by atoms with Gasteiger partial charge in [-0.15, -0.1) is 12.4 Å². The van der Waals surface area contributed by atoms with E-state index in [9.17, 15) is 13.2 Å². The molecule has 1 aromatic carbocycles. The van der Waals surface area contributed by atoms with Crippen LogP contribution in [0.25, 0.3) is 0 Å². The number of hydrogen-bond acceptors (Lipinski definition) is 4. The third kappa shape index (κ3) is 5.42. The van der Waals surface area contributed by atoms with Crippen LogP contribution in [0.5, 0.6) is 0 Å². The summed E-state index contributed by atoms with van der Waals surface area (Å²) in [5.74, 6) is -0.572. The van der Waals surface area contributed by atoms with Gasteiger partial charge in [0.15, 0.2) is 0 Å². The lowest BCUT2D eigenvalue weighted by molar-refractivity contribution is -0.139. The van der Waals surface area contributed by atoms with Crippen molar-refractivity contribution in [2.75, 3.05) is 26.2 Å². The van der Waals surface area contributed by atoms with Gasteiger partial charge in [0.05, 0.1) is 11.4 Å². The zero-order valence-corrected chi connectivity index (χ0v) is 17.2. The number of carboxylic acids is 1. The fourth-order valence-corrected chi connectivity index (χ4v) is 4.83. The van der Waals surface area contributed by atoms with E-state index < -0.39 is 16.0 Å². The van der Waals surface area contributed by atoms with Gasteiger partial charge in [-0.05, 0) is 43.0 Å². The molecule has 1 aliphatic heterocycles. The molecule has 0 amide bonds. The van der Waals surface area contributed by atoms with Gasteiger partial charge < -0.3 is 5.11 Å². The van der Waals surface area contributed by atoms with Crippen LogP contribution >= 0.6 is 12.4 Å². The monoisotopic (exact) mass is 404 g/mol. The number of likely N-dealkylation sites (N-methyl/N-ethyl adjacent to an activating group) is 1. The Hall–Kier alpha value is -1.15. The maximum absolute atomic E-state index is 12.9. The molecule has 0 atom stereocenters. The highest BCUT2D eigenvalue weighted by Gasteiger charge is 2.32. The quantitative estimate of drug-likeness (QED) is 0.756. The number of piperidine rings is 1. The molecule has 1 fully saturated rings. The summed E-state index contributed by atoms with van der Waals surface area (Å²) in [5.41, 5.74) is 1.01.